The van der Waals surface area contributed by atoms with Gasteiger partial charge in [-0.2, -0.15) is 0 Å². The molecule has 0 radical (unpaired) electrons. The van der Waals surface area contributed by atoms with Gasteiger partial charge in [0.1, 0.15) is 5.76 Å². The molecule has 3 heterocycles. The molecule has 1 aliphatic heterocycles. The zero-order valence-electron chi connectivity index (χ0n) is 14.2. The van der Waals surface area contributed by atoms with Crippen LogP contribution in [0.5, 0.6) is 0 Å². The SMILES string of the molecule is Cc1nnc([C@@H]2CN(C(=O)Nc3cc(C(C)(C)C)on3)CCO2)o1. The van der Waals surface area contributed by atoms with E-state index in [0.717, 1.165) is 0 Å². The average molecular weight is 335 g/mol. The summed E-state index contributed by atoms with van der Waals surface area (Å²) in [7, 11) is 0. The molecule has 130 valence electrons. The van der Waals surface area contributed by atoms with Crippen molar-refractivity contribution >= 4 is 11.8 Å². The van der Waals surface area contributed by atoms with Crippen LogP contribution in [0, 0.1) is 6.92 Å². The van der Waals surface area contributed by atoms with Crippen LogP contribution in [-0.2, 0) is 10.2 Å². The number of amides is 2. The molecule has 1 N–H and O–H groups in total. The number of urea groups is 1. The highest BCUT2D eigenvalue weighted by atomic mass is 16.5. The first-order chi connectivity index (χ1) is 11.3. The molecule has 2 aromatic rings. The molecule has 0 aliphatic carbocycles. The van der Waals surface area contributed by atoms with E-state index in [1.165, 1.54) is 0 Å². The maximum absolute atomic E-state index is 12.4. The summed E-state index contributed by atoms with van der Waals surface area (Å²) < 4.78 is 16.3. The summed E-state index contributed by atoms with van der Waals surface area (Å²) in [6.45, 7) is 8.94. The Morgan fingerprint density at radius 2 is 2.17 bits per heavy atom. The summed E-state index contributed by atoms with van der Waals surface area (Å²) in [5.74, 6) is 1.94. The third-order valence-electron chi connectivity index (χ3n) is 3.66. The second-order valence-corrected chi connectivity index (χ2v) is 6.72. The van der Waals surface area contributed by atoms with Gasteiger partial charge in [0.2, 0.25) is 11.8 Å². The maximum Gasteiger partial charge on any atom is 0.323 e. The van der Waals surface area contributed by atoms with Crippen LogP contribution in [0.2, 0.25) is 0 Å². The number of aryl methyl sites for hydroxylation is 1. The molecule has 3 rings (SSSR count). The zero-order chi connectivity index (χ0) is 17.3. The molecular formula is C15H21N5O4. The molecule has 2 amide bonds. The molecule has 0 spiro atoms. The van der Waals surface area contributed by atoms with Crippen molar-refractivity contribution < 1.29 is 18.5 Å². The fourth-order valence-corrected chi connectivity index (χ4v) is 2.30. The molecule has 1 atom stereocenters. The molecular weight excluding hydrogens is 314 g/mol. The van der Waals surface area contributed by atoms with Crippen LogP contribution in [0.15, 0.2) is 15.0 Å². The summed E-state index contributed by atoms with van der Waals surface area (Å²) in [5, 5.41) is 14.4. The van der Waals surface area contributed by atoms with Crippen LogP contribution in [0.25, 0.3) is 0 Å². The van der Waals surface area contributed by atoms with Gasteiger partial charge in [0.15, 0.2) is 11.9 Å². The average Bonchev–Trinajstić information content (AvgIpc) is 3.16. The van der Waals surface area contributed by atoms with Crippen molar-refractivity contribution in [1.82, 2.24) is 20.3 Å². The molecule has 1 saturated heterocycles. The standard InChI is InChI=1S/C15H21N5O4/c1-9-17-18-13(23-9)10-8-20(5-6-22-10)14(21)16-12-7-11(24-19-12)15(2,3)4/h7,10H,5-6,8H2,1-4H3,(H,16,19,21)/t10-/m0/s1. The van der Waals surface area contributed by atoms with E-state index in [1.807, 2.05) is 20.8 Å². The van der Waals surface area contributed by atoms with E-state index >= 15 is 0 Å². The normalized spacial score (nSPS) is 18.7. The van der Waals surface area contributed by atoms with Gasteiger partial charge in [0.05, 0.1) is 13.2 Å². The molecule has 9 nitrogen and oxygen atoms in total. The monoisotopic (exact) mass is 335 g/mol. The number of carbonyl (C=O) groups is 1. The fourth-order valence-electron chi connectivity index (χ4n) is 2.30. The van der Waals surface area contributed by atoms with Gasteiger partial charge in [-0.05, 0) is 0 Å². The number of rotatable bonds is 2. The predicted molar refractivity (Wildman–Crippen MR) is 83.5 cm³/mol. The van der Waals surface area contributed by atoms with Gasteiger partial charge in [-0.25, -0.2) is 4.79 Å². The van der Waals surface area contributed by atoms with Gasteiger partial charge in [-0.3, -0.25) is 5.32 Å². The lowest BCUT2D eigenvalue weighted by molar-refractivity contribution is -0.0274. The summed E-state index contributed by atoms with van der Waals surface area (Å²) >= 11 is 0. The summed E-state index contributed by atoms with van der Waals surface area (Å²) in [5.41, 5.74) is -0.171. The molecule has 1 fully saturated rings. The minimum atomic E-state index is -0.423. The van der Waals surface area contributed by atoms with Gasteiger partial charge in [-0.1, -0.05) is 25.9 Å². The number of carbonyl (C=O) groups excluding carboxylic acids is 1. The van der Waals surface area contributed by atoms with Gasteiger partial charge in [0.25, 0.3) is 0 Å². The van der Waals surface area contributed by atoms with E-state index in [0.29, 0.717) is 43.1 Å². The Hall–Kier alpha value is -2.42. The van der Waals surface area contributed by atoms with E-state index in [-0.39, 0.29) is 11.4 Å². The third-order valence-corrected chi connectivity index (χ3v) is 3.66. The molecule has 9 heteroatoms. The van der Waals surface area contributed by atoms with Gasteiger partial charge >= 0.3 is 6.03 Å². The lowest BCUT2D eigenvalue weighted by atomic mass is 9.93. The molecule has 0 bridgehead atoms. The molecule has 24 heavy (non-hydrogen) atoms. The molecule has 0 saturated carbocycles. The van der Waals surface area contributed by atoms with Crippen molar-refractivity contribution in [3.8, 4) is 0 Å². The summed E-state index contributed by atoms with van der Waals surface area (Å²) in [6, 6.07) is 1.46. The van der Waals surface area contributed by atoms with E-state index in [4.69, 9.17) is 13.7 Å². The molecule has 2 aromatic heterocycles. The van der Waals surface area contributed by atoms with Crippen LogP contribution in [0.3, 0.4) is 0 Å². The second-order valence-electron chi connectivity index (χ2n) is 6.72. The largest absolute Gasteiger partial charge is 0.423 e. The van der Waals surface area contributed by atoms with Crippen LogP contribution in [0.4, 0.5) is 10.6 Å². The lowest BCUT2D eigenvalue weighted by Crippen LogP contribution is -2.44. The number of nitrogens with zero attached hydrogens (tertiary/aromatic N) is 4. The van der Waals surface area contributed by atoms with Crippen molar-refractivity contribution in [3.63, 3.8) is 0 Å². The number of hydrogen-bond acceptors (Lipinski definition) is 7. The van der Waals surface area contributed by atoms with E-state index < -0.39 is 6.10 Å². The number of hydrogen-bond donors (Lipinski definition) is 1. The Morgan fingerprint density at radius 3 is 2.79 bits per heavy atom. The minimum absolute atomic E-state index is 0.171. The Morgan fingerprint density at radius 1 is 1.38 bits per heavy atom. The van der Waals surface area contributed by atoms with E-state index in [1.54, 1.807) is 17.9 Å². The van der Waals surface area contributed by atoms with Crippen molar-refractivity contribution in [3.05, 3.63) is 23.6 Å². The number of nitrogens with one attached hydrogen (secondary N) is 1. The molecule has 1 aliphatic rings. The summed E-state index contributed by atoms with van der Waals surface area (Å²) in [6.07, 6.45) is -0.423. The highest BCUT2D eigenvalue weighted by Gasteiger charge is 2.29. The Balaban J connectivity index is 1.63. The first-order valence-electron chi connectivity index (χ1n) is 7.77. The Kier molecular flexibility index (Phi) is 4.27. The van der Waals surface area contributed by atoms with Crippen molar-refractivity contribution in [2.45, 2.75) is 39.2 Å². The predicted octanol–water partition coefficient (Wildman–Crippen LogP) is 2.27. The second kappa shape index (κ2) is 6.23. The highest BCUT2D eigenvalue weighted by Crippen LogP contribution is 2.25. The fraction of sp³-hybridized carbons (Fsp3) is 0.600. The van der Waals surface area contributed by atoms with Gasteiger partial charge < -0.3 is 18.6 Å². The molecule has 0 unspecified atom stereocenters. The van der Waals surface area contributed by atoms with E-state index in [9.17, 15) is 4.79 Å². The van der Waals surface area contributed by atoms with Crippen molar-refractivity contribution in [2.75, 3.05) is 25.0 Å². The van der Waals surface area contributed by atoms with Gasteiger partial charge in [0, 0.05) is 24.9 Å². The van der Waals surface area contributed by atoms with E-state index in [2.05, 4.69) is 20.7 Å². The minimum Gasteiger partial charge on any atom is -0.423 e. The highest BCUT2D eigenvalue weighted by molar-refractivity contribution is 5.88. The third kappa shape index (κ3) is 3.56. The number of anilines is 1. The number of ether oxygens (including phenoxy) is 1. The Bertz CT molecular complexity index is 718. The van der Waals surface area contributed by atoms with Gasteiger partial charge in [-0.15, -0.1) is 10.2 Å². The smallest absolute Gasteiger partial charge is 0.323 e. The van der Waals surface area contributed by atoms with Crippen molar-refractivity contribution in [2.24, 2.45) is 0 Å². The van der Waals surface area contributed by atoms with Crippen LogP contribution in [0.1, 0.15) is 44.4 Å². The summed E-state index contributed by atoms with van der Waals surface area (Å²) in [4.78, 5) is 14.0. The number of aromatic nitrogens is 3. The first kappa shape index (κ1) is 16.4. The van der Waals surface area contributed by atoms with Crippen LogP contribution in [-0.4, -0.2) is 46.0 Å². The van der Waals surface area contributed by atoms with Crippen LogP contribution < -0.4 is 5.32 Å². The van der Waals surface area contributed by atoms with Crippen LogP contribution >= 0.6 is 0 Å². The zero-order valence-corrected chi connectivity index (χ0v) is 14.2. The number of morpholine rings is 1. The quantitative estimate of drug-likeness (QED) is 0.897. The van der Waals surface area contributed by atoms with Crippen molar-refractivity contribution in [1.29, 1.82) is 0 Å². The Labute approximate surface area is 139 Å². The topological polar surface area (TPSA) is 107 Å². The lowest BCUT2D eigenvalue weighted by Gasteiger charge is -2.30. The maximum atomic E-state index is 12.4. The molecule has 0 aromatic carbocycles. The first-order valence-corrected chi connectivity index (χ1v) is 7.77.